The number of anilines is 1. The molecule has 176 valence electrons. The second-order valence-electron chi connectivity index (χ2n) is 8.19. The van der Waals surface area contributed by atoms with Crippen LogP contribution in [-0.4, -0.2) is 28.2 Å². The van der Waals surface area contributed by atoms with Gasteiger partial charge in [-0.15, -0.1) is 0 Å². The lowest BCUT2D eigenvalue weighted by molar-refractivity contribution is -0.113. The summed E-state index contributed by atoms with van der Waals surface area (Å²) in [5.74, 6) is 2.74. The van der Waals surface area contributed by atoms with E-state index in [0.717, 1.165) is 33.2 Å². The van der Waals surface area contributed by atoms with Crippen molar-refractivity contribution in [2.45, 2.75) is 25.3 Å². The summed E-state index contributed by atoms with van der Waals surface area (Å²) >= 11 is 1.39. The number of amides is 1. The first-order valence-electron chi connectivity index (χ1n) is 11.5. The quantitative estimate of drug-likeness (QED) is 0.217. The number of carbonyl (C=O) groups excluding carboxylic acids is 1. The Hall–Kier alpha value is -3.84. The smallest absolute Gasteiger partial charge is 0.234 e. The zero-order chi connectivity index (χ0) is 24.2. The Morgan fingerprint density at radius 2 is 1.91 bits per heavy atom. The van der Waals surface area contributed by atoms with E-state index in [4.69, 9.17) is 19.4 Å². The highest BCUT2D eigenvalue weighted by molar-refractivity contribution is 8.00. The van der Waals surface area contributed by atoms with Crippen molar-refractivity contribution in [1.82, 2.24) is 9.97 Å². The lowest BCUT2D eigenvalue weighted by Crippen LogP contribution is -2.15. The molecule has 1 N–H and O–H groups in total. The fourth-order valence-electron chi connectivity index (χ4n) is 3.92. The molecule has 35 heavy (non-hydrogen) atoms. The molecular weight excluding hydrogens is 458 g/mol. The van der Waals surface area contributed by atoms with Crippen LogP contribution in [0.15, 0.2) is 77.8 Å². The molecule has 1 aliphatic rings. The number of nitrogens with zero attached hydrogens (tertiary/aromatic N) is 2. The van der Waals surface area contributed by atoms with Crippen LogP contribution in [0.4, 0.5) is 5.69 Å². The van der Waals surface area contributed by atoms with Gasteiger partial charge in [0.25, 0.3) is 0 Å². The Morgan fingerprint density at radius 1 is 1.06 bits per heavy atom. The van der Waals surface area contributed by atoms with Crippen LogP contribution in [0.2, 0.25) is 0 Å². The van der Waals surface area contributed by atoms with Crippen LogP contribution in [0, 0.1) is 6.92 Å². The average Bonchev–Trinajstić information content (AvgIpc) is 2.87. The second kappa shape index (κ2) is 10.2. The van der Waals surface area contributed by atoms with Crippen molar-refractivity contribution in [3.63, 3.8) is 0 Å². The summed E-state index contributed by atoms with van der Waals surface area (Å²) in [6.45, 7) is 4.56. The van der Waals surface area contributed by atoms with Gasteiger partial charge in [-0.25, -0.2) is 4.98 Å². The van der Waals surface area contributed by atoms with E-state index in [1.165, 1.54) is 17.3 Å². The number of carbonyl (C=O) groups is 1. The third-order valence-electron chi connectivity index (χ3n) is 5.52. The van der Waals surface area contributed by atoms with E-state index in [1.807, 2.05) is 73.7 Å². The highest BCUT2D eigenvalue weighted by atomic mass is 32.2. The maximum absolute atomic E-state index is 12.8. The Kier molecular flexibility index (Phi) is 6.68. The molecule has 2 heterocycles. The zero-order valence-corrected chi connectivity index (χ0v) is 20.4. The zero-order valence-electron chi connectivity index (χ0n) is 19.6. The van der Waals surface area contributed by atoms with Crippen LogP contribution in [-0.2, 0) is 11.2 Å². The Morgan fingerprint density at radius 3 is 2.74 bits per heavy atom. The van der Waals surface area contributed by atoms with E-state index in [-0.39, 0.29) is 11.7 Å². The van der Waals surface area contributed by atoms with Gasteiger partial charge in [-0.2, -0.15) is 4.98 Å². The predicted molar refractivity (Wildman–Crippen MR) is 138 cm³/mol. The third-order valence-corrected chi connectivity index (χ3v) is 6.54. The lowest BCUT2D eigenvalue weighted by atomic mass is 10.0. The van der Waals surface area contributed by atoms with Gasteiger partial charge in [0, 0.05) is 23.7 Å². The molecule has 3 aromatic carbocycles. The van der Waals surface area contributed by atoms with Crippen molar-refractivity contribution in [1.29, 1.82) is 0 Å². The van der Waals surface area contributed by atoms with Crippen LogP contribution in [0.25, 0.3) is 11.4 Å². The minimum atomic E-state index is -0.120. The van der Waals surface area contributed by atoms with Crippen molar-refractivity contribution < 1.29 is 14.3 Å². The molecule has 6 nitrogen and oxygen atoms in total. The van der Waals surface area contributed by atoms with Crippen molar-refractivity contribution in [2.24, 2.45) is 0 Å². The first kappa shape index (κ1) is 22.9. The van der Waals surface area contributed by atoms with E-state index in [2.05, 4.69) is 18.3 Å². The van der Waals surface area contributed by atoms with Crippen molar-refractivity contribution in [2.75, 3.05) is 17.7 Å². The van der Waals surface area contributed by atoms with Gasteiger partial charge in [0.1, 0.15) is 16.5 Å². The summed E-state index contributed by atoms with van der Waals surface area (Å²) in [6.07, 6.45) is 0.655. The molecule has 5 rings (SSSR count). The maximum Gasteiger partial charge on any atom is 0.234 e. The number of ether oxygens (including phenoxy) is 2. The number of hydrogen-bond acceptors (Lipinski definition) is 6. The summed E-state index contributed by atoms with van der Waals surface area (Å²) in [5, 5.41) is 3.70. The van der Waals surface area contributed by atoms with Gasteiger partial charge >= 0.3 is 0 Å². The van der Waals surface area contributed by atoms with Crippen molar-refractivity contribution in [3.8, 4) is 28.8 Å². The molecule has 0 fully saturated rings. The van der Waals surface area contributed by atoms with E-state index >= 15 is 0 Å². The summed E-state index contributed by atoms with van der Waals surface area (Å²) in [6, 6.07) is 23.3. The average molecular weight is 484 g/mol. The number of fused-ring (bicyclic) bond motifs is 2. The van der Waals surface area contributed by atoms with Crippen LogP contribution in [0.3, 0.4) is 0 Å². The van der Waals surface area contributed by atoms with Crippen LogP contribution < -0.4 is 14.8 Å². The topological polar surface area (TPSA) is 73.3 Å². The molecule has 0 spiro atoms. The molecule has 1 amide bonds. The van der Waals surface area contributed by atoms with Crippen LogP contribution >= 0.6 is 11.8 Å². The fraction of sp³-hybridized carbons (Fsp3) is 0.179. The summed E-state index contributed by atoms with van der Waals surface area (Å²) in [4.78, 5) is 22.3. The lowest BCUT2D eigenvalue weighted by Gasteiger charge is -2.22. The molecule has 0 unspecified atom stereocenters. The van der Waals surface area contributed by atoms with Crippen molar-refractivity contribution >= 4 is 23.4 Å². The molecule has 0 saturated carbocycles. The van der Waals surface area contributed by atoms with Crippen LogP contribution in [0.1, 0.15) is 23.6 Å². The Labute approximate surface area is 208 Å². The van der Waals surface area contributed by atoms with Gasteiger partial charge in [-0.3, -0.25) is 4.79 Å². The summed E-state index contributed by atoms with van der Waals surface area (Å²) in [7, 11) is 0. The molecular formula is C28H25N3O3S. The van der Waals surface area contributed by atoms with E-state index in [9.17, 15) is 4.79 Å². The normalized spacial score (nSPS) is 11.7. The first-order chi connectivity index (χ1) is 17.1. The molecule has 1 aliphatic heterocycles. The Balaban J connectivity index is 1.40. The van der Waals surface area contributed by atoms with Gasteiger partial charge in [0.05, 0.1) is 17.9 Å². The number of thioether (sulfide) groups is 1. The number of benzene rings is 3. The molecule has 0 aliphatic carbocycles. The molecule has 7 heteroatoms. The number of rotatable bonds is 7. The second-order valence-corrected chi connectivity index (χ2v) is 9.15. The molecule has 1 aromatic heterocycles. The van der Waals surface area contributed by atoms with Gasteiger partial charge in [-0.05, 0) is 37.6 Å². The van der Waals surface area contributed by atoms with Gasteiger partial charge in [0.15, 0.2) is 5.82 Å². The molecule has 0 atom stereocenters. The number of aryl methyl sites for hydroxylation is 1. The summed E-state index contributed by atoms with van der Waals surface area (Å²) in [5.41, 5.74) is 4.75. The van der Waals surface area contributed by atoms with Gasteiger partial charge in [0.2, 0.25) is 11.8 Å². The number of nitrogens with one attached hydrogen (secondary N) is 1. The largest absolute Gasteiger partial charge is 0.494 e. The van der Waals surface area contributed by atoms with Crippen molar-refractivity contribution in [3.05, 3.63) is 89.5 Å². The van der Waals surface area contributed by atoms with Gasteiger partial charge in [-0.1, -0.05) is 65.9 Å². The highest BCUT2D eigenvalue weighted by Gasteiger charge is 2.24. The molecule has 0 saturated heterocycles. The van der Waals surface area contributed by atoms with E-state index in [0.29, 0.717) is 30.4 Å². The van der Waals surface area contributed by atoms with Crippen LogP contribution in [0.5, 0.6) is 17.4 Å². The fourth-order valence-corrected chi connectivity index (χ4v) is 4.74. The van der Waals surface area contributed by atoms with E-state index in [1.54, 1.807) is 0 Å². The number of hydrogen-bond donors (Lipinski definition) is 1. The van der Waals surface area contributed by atoms with E-state index < -0.39 is 0 Å². The molecule has 4 aromatic rings. The SMILES string of the molecule is CCOc1cccc(NC(=O)CSc2nc(-c3ccccc3)nc3c2Cc2cc(C)ccc2O3)c1. The third kappa shape index (κ3) is 5.30. The molecule has 0 bridgehead atoms. The highest BCUT2D eigenvalue weighted by Crippen LogP contribution is 2.40. The number of aromatic nitrogens is 2. The Bertz CT molecular complexity index is 1380. The monoisotopic (exact) mass is 483 g/mol. The predicted octanol–water partition coefficient (Wildman–Crippen LogP) is 6.28. The standard InChI is InChI=1S/C28H25N3O3S/c1-3-33-22-11-7-10-21(16-22)29-25(32)17-35-28-23-15-20-14-18(2)12-13-24(20)34-27(23)30-26(31-28)19-8-5-4-6-9-19/h4-14,16H,3,15,17H2,1-2H3,(H,29,32). The summed E-state index contributed by atoms with van der Waals surface area (Å²) < 4.78 is 11.7. The molecule has 0 radical (unpaired) electrons. The maximum atomic E-state index is 12.8. The van der Waals surface area contributed by atoms with Gasteiger partial charge < -0.3 is 14.8 Å². The minimum absolute atomic E-state index is 0.120. The minimum Gasteiger partial charge on any atom is -0.494 e. The first-order valence-corrected chi connectivity index (χ1v) is 12.5.